The third-order valence-electron chi connectivity index (χ3n) is 4.16. The van der Waals surface area contributed by atoms with Crippen LogP contribution in [0, 0.1) is 5.92 Å². The average Bonchev–Trinajstić information content (AvgIpc) is 3.09. The summed E-state index contributed by atoms with van der Waals surface area (Å²) in [4.78, 5) is 23.0. The first-order valence-electron chi connectivity index (χ1n) is 10.1. The van der Waals surface area contributed by atoms with Gasteiger partial charge in [0.15, 0.2) is 5.96 Å². The zero-order chi connectivity index (χ0) is 21.2. The first kappa shape index (κ1) is 23.8. The molecular weight excluding hydrogens is 356 g/mol. The van der Waals surface area contributed by atoms with Crippen LogP contribution in [0.1, 0.15) is 48.0 Å². The molecule has 1 heterocycles. The summed E-state index contributed by atoms with van der Waals surface area (Å²) in [6, 6.07) is 0.0334. The van der Waals surface area contributed by atoms with Gasteiger partial charge >= 0.3 is 6.09 Å². The van der Waals surface area contributed by atoms with Crippen LogP contribution in [0.25, 0.3) is 0 Å². The number of carbonyl (C=O) groups is 1. The lowest BCUT2D eigenvalue weighted by Crippen LogP contribution is -2.45. The highest BCUT2D eigenvalue weighted by molar-refractivity contribution is 5.79. The number of guanidine groups is 1. The number of aromatic nitrogens is 2. The number of nitrogens with zero attached hydrogens (tertiary/aromatic N) is 4. The molecule has 1 unspecified atom stereocenters. The maximum atomic E-state index is 12.1. The Morgan fingerprint density at radius 1 is 1.36 bits per heavy atom. The summed E-state index contributed by atoms with van der Waals surface area (Å²) < 4.78 is 7.40. The Labute approximate surface area is 169 Å². The fraction of sp³-hybridized carbons (Fsp3) is 0.750. The zero-order valence-electron chi connectivity index (χ0n) is 18.5. The van der Waals surface area contributed by atoms with Crippen molar-refractivity contribution >= 4 is 12.1 Å². The van der Waals surface area contributed by atoms with Gasteiger partial charge in [-0.2, -0.15) is 0 Å². The second-order valence-electron chi connectivity index (χ2n) is 8.24. The molecule has 1 atom stereocenters. The molecular formula is C20H38N6O2. The predicted molar refractivity (Wildman–Crippen MR) is 113 cm³/mol. The molecule has 0 saturated carbocycles. The van der Waals surface area contributed by atoms with Gasteiger partial charge in [0.1, 0.15) is 5.60 Å². The first-order chi connectivity index (χ1) is 13.1. The van der Waals surface area contributed by atoms with E-state index in [2.05, 4.69) is 41.3 Å². The van der Waals surface area contributed by atoms with Crippen molar-refractivity contribution in [2.24, 2.45) is 10.9 Å². The number of aliphatic imine (C=N–C) groups is 1. The maximum absolute atomic E-state index is 12.1. The van der Waals surface area contributed by atoms with E-state index in [0.717, 1.165) is 32.0 Å². The van der Waals surface area contributed by atoms with Gasteiger partial charge in [0.2, 0.25) is 0 Å². The molecule has 0 radical (unpaired) electrons. The van der Waals surface area contributed by atoms with Crippen molar-refractivity contribution in [3.63, 3.8) is 0 Å². The van der Waals surface area contributed by atoms with Crippen molar-refractivity contribution in [1.29, 1.82) is 0 Å². The highest BCUT2D eigenvalue weighted by atomic mass is 16.6. The predicted octanol–water partition coefficient (Wildman–Crippen LogP) is 2.72. The topological polar surface area (TPSA) is 83.8 Å². The summed E-state index contributed by atoms with van der Waals surface area (Å²) in [5, 5.41) is 6.33. The van der Waals surface area contributed by atoms with Gasteiger partial charge in [-0.25, -0.2) is 9.78 Å². The second kappa shape index (κ2) is 11.6. The molecule has 160 valence electrons. The number of rotatable bonds is 9. The van der Waals surface area contributed by atoms with E-state index in [1.165, 1.54) is 0 Å². The smallest absolute Gasteiger partial charge is 0.407 e. The van der Waals surface area contributed by atoms with E-state index in [0.29, 0.717) is 12.5 Å². The molecule has 1 aromatic heterocycles. The van der Waals surface area contributed by atoms with E-state index in [9.17, 15) is 4.79 Å². The van der Waals surface area contributed by atoms with Gasteiger partial charge in [0, 0.05) is 45.1 Å². The molecule has 0 aromatic carbocycles. The van der Waals surface area contributed by atoms with Crippen LogP contribution in [-0.2, 0) is 11.3 Å². The molecule has 8 heteroatoms. The molecule has 8 nitrogen and oxygen atoms in total. The van der Waals surface area contributed by atoms with Gasteiger partial charge in [-0.3, -0.25) is 4.99 Å². The van der Waals surface area contributed by atoms with Gasteiger partial charge in [-0.05, 0) is 40.0 Å². The van der Waals surface area contributed by atoms with E-state index in [1.54, 1.807) is 12.5 Å². The number of hydrogen-bond donors (Lipinski definition) is 2. The SMILES string of the molecule is CCNC(=NCCn1ccnc1)N(C)CCC(NC(=O)OC(C)(C)C)C(C)C. The minimum atomic E-state index is -0.498. The minimum absolute atomic E-state index is 0.0334. The Hall–Kier alpha value is -2.25. The quantitative estimate of drug-likeness (QED) is 0.497. The average molecular weight is 395 g/mol. The molecule has 1 rings (SSSR count). The van der Waals surface area contributed by atoms with Gasteiger partial charge in [0.05, 0.1) is 12.9 Å². The standard InChI is InChI=1S/C20H38N6O2/c1-8-22-18(23-11-14-26-13-10-21-15-26)25(7)12-9-17(16(2)3)24-19(27)28-20(4,5)6/h10,13,15-17H,8-9,11-12,14H2,1-7H3,(H,22,23)(H,24,27). The first-order valence-corrected chi connectivity index (χ1v) is 10.1. The molecule has 1 amide bonds. The summed E-state index contributed by atoms with van der Waals surface area (Å²) in [6.07, 6.45) is 5.93. The molecule has 0 fully saturated rings. The van der Waals surface area contributed by atoms with Crippen LogP contribution < -0.4 is 10.6 Å². The van der Waals surface area contributed by atoms with Crippen LogP contribution in [0.15, 0.2) is 23.7 Å². The summed E-state index contributed by atoms with van der Waals surface area (Å²) in [6.45, 7) is 14.9. The Kier molecular flexibility index (Phi) is 9.82. The Morgan fingerprint density at radius 2 is 2.07 bits per heavy atom. The van der Waals surface area contributed by atoms with Crippen LogP contribution in [0.5, 0.6) is 0 Å². The molecule has 0 bridgehead atoms. The summed E-state index contributed by atoms with van der Waals surface area (Å²) >= 11 is 0. The van der Waals surface area contributed by atoms with Gasteiger partial charge in [0.25, 0.3) is 0 Å². The summed E-state index contributed by atoms with van der Waals surface area (Å²) in [5.74, 6) is 1.17. The lowest BCUT2D eigenvalue weighted by Gasteiger charge is -2.28. The molecule has 0 saturated heterocycles. The molecule has 2 N–H and O–H groups in total. The number of hydrogen-bond acceptors (Lipinski definition) is 4. The fourth-order valence-electron chi connectivity index (χ4n) is 2.63. The highest BCUT2D eigenvalue weighted by Crippen LogP contribution is 2.11. The monoisotopic (exact) mass is 394 g/mol. The number of carbonyl (C=O) groups excluding carboxylic acids is 1. The van der Waals surface area contributed by atoms with Crippen molar-refractivity contribution in [3.8, 4) is 0 Å². The van der Waals surface area contributed by atoms with Crippen LogP contribution in [-0.4, -0.2) is 64.8 Å². The largest absolute Gasteiger partial charge is 0.444 e. The normalized spacial score (nSPS) is 13.4. The third-order valence-corrected chi connectivity index (χ3v) is 4.16. The van der Waals surface area contributed by atoms with Gasteiger partial charge in [-0.15, -0.1) is 0 Å². The van der Waals surface area contributed by atoms with Gasteiger partial charge < -0.3 is 24.8 Å². The summed E-state index contributed by atoms with van der Waals surface area (Å²) in [7, 11) is 2.02. The van der Waals surface area contributed by atoms with Crippen molar-refractivity contribution in [1.82, 2.24) is 25.1 Å². The Balaban J connectivity index is 2.58. The minimum Gasteiger partial charge on any atom is -0.444 e. The zero-order valence-corrected chi connectivity index (χ0v) is 18.5. The van der Waals surface area contributed by atoms with E-state index < -0.39 is 5.60 Å². The van der Waals surface area contributed by atoms with Crippen LogP contribution in [0.3, 0.4) is 0 Å². The summed E-state index contributed by atoms with van der Waals surface area (Å²) in [5.41, 5.74) is -0.498. The lowest BCUT2D eigenvalue weighted by molar-refractivity contribution is 0.0486. The molecule has 0 aliphatic carbocycles. The number of nitrogens with one attached hydrogen (secondary N) is 2. The lowest BCUT2D eigenvalue weighted by atomic mass is 10.0. The third kappa shape index (κ3) is 9.62. The Bertz CT molecular complexity index is 592. The van der Waals surface area contributed by atoms with E-state index in [-0.39, 0.29) is 12.1 Å². The van der Waals surface area contributed by atoms with Crippen molar-refractivity contribution in [3.05, 3.63) is 18.7 Å². The van der Waals surface area contributed by atoms with Crippen LogP contribution in [0.2, 0.25) is 0 Å². The van der Waals surface area contributed by atoms with E-state index >= 15 is 0 Å². The van der Waals surface area contributed by atoms with Crippen molar-refractivity contribution in [2.45, 2.75) is 66.2 Å². The fourth-order valence-corrected chi connectivity index (χ4v) is 2.63. The maximum Gasteiger partial charge on any atom is 0.407 e. The number of ether oxygens (including phenoxy) is 1. The number of alkyl carbamates (subject to hydrolysis) is 1. The highest BCUT2D eigenvalue weighted by Gasteiger charge is 2.22. The van der Waals surface area contributed by atoms with E-state index in [4.69, 9.17) is 9.73 Å². The molecule has 0 aliphatic rings. The molecule has 1 aromatic rings. The molecule has 28 heavy (non-hydrogen) atoms. The van der Waals surface area contributed by atoms with Crippen molar-refractivity contribution in [2.75, 3.05) is 26.7 Å². The Morgan fingerprint density at radius 3 is 2.61 bits per heavy atom. The number of imidazole rings is 1. The van der Waals surface area contributed by atoms with Crippen LogP contribution in [0.4, 0.5) is 4.79 Å². The second-order valence-corrected chi connectivity index (χ2v) is 8.24. The van der Waals surface area contributed by atoms with Crippen LogP contribution >= 0.6 is 0 Å². The number of amides is 1. The van der Waals surface area contributed by atoms with E-state index in [1.807, 2.05) is 38.6 Å². The molecule has 0 spiro atoms. The van der Waals surface area contributed by atoms with Gasteiger partial charge in [-0.1, -0.05) is 13.8 Å². The molecule has 0 aliphatic heterocycles. The van der Waals surface area contributed by atoms with Crippen molar-refractivity contribution < 1.29 is 9.53 Å².